The van der Waals surface area contributed by atoms with Crippen LogP contribution in [0, 0.1) is 5.92 Å². The van der Waals surface area contributed by atoms with E-state index in [-0.39, 0.29) is 6.10 Å². The Balaban J connectivity index is 2.08. The predicted molar refractivity (Wildman–Crippen MR) is 49.5 cm³/mol. The number of fused-ring (bicyclic) bond motifs is 1. The highest BCUT2D eigenvalue weighted by Crippen LogP contribution is 2.57. The number of nitrogens with zero attached hydrogens (tertiary/aromatic N) is 1. The van der Waals surface area contributed by atoms with Gasteiger partial charge in [0.25, 0.3) is 0 Å². The molecule has 0 aromatic carbocycles. The Morgan fingerprint density at radius 1 is 1.38 bits per heavy atom. The lowest BCUT2D eigenvalue weighted by molar-refractivity contribution is 0.0285. The van der Waals surface area contributed by atoms with Gasteiger partial charge in [-0.05, 0) is 26.9 Å². The average Bonchev–Trinajstić information content (AvgIpc) is 2.50. The fourth-order valence-corrected chi connectivity index (χ4v) is 3.41. The first-order valence-electron chi connectivity index (χ1n) is 4.72. The largest absolute Gasteiger partial charge is 0.407 e. The first-order valence-corrected chi connectivity index (χ1v) is 6.22. The van der Waals surface area contributed by atoms with Crippen LogP contribution in [0.1, 0.15) is 19.3 Å². The molecule has 2 fully saturated rings. The van der Waals surface area contributed by atoms with Crippen LogP contribution in [0.2, 0.25) is 0 Å². The van der Waals surface area contributed by atoms with Crippen LogP contribution in [-0.4, -0.2) is 31.5 Å². The third kappa shape index (κ3) is 1.68. The van der Waals surface area contributed by atoms with Gasteiger partial charge in [-0.25, -0.2) is 9.24 Å². The highest BCUT2D eigenvalue weighted by Gasteiger charge is 2.43. The van der Waals surface area contributed by atoms with E-state index in [4.69, 9.17) is 9.05 Å². The Kier molecular flexibility index (Phi) is 2.49. The maximum Gasteiger partial charge on any atom is 0.407 e. The first kappa shape index (κ1) is 9.66. The van der Waals surface area contributed by atoms with Crippen LogP contribution in [0.25, 0.3) is 0 Å². The fraction of sp³-hybridized carbons (Fsp3) is 1.00. The summed E-state index contributed by atoms with van der Waals surface area (Å²) in [7, 11) is 0.542. The van der Waals surface area contributed by atoms with Gasteiger partial charge in [-0.3, -0.25) is 9.05 Å². The van der Waals surface area contributed by atoms with E-state index in [0.29, 0.717) is 12.5 Å². The normalized spacial score (nSPS) is 45.2. The molecule has 0 radical (unpaired) electrons. The topological polar surface area (TPSA) is 38.8 Å². The van der Waals surface area contributed by atoms with Gasteiger partial charge in [0.15, 0.2) is 0 Å². The van der Waals surface area contributed by atoms with Gasteiger partial charge in [0.2, 0.25) is 0 Å². The Bertz CT molecular complexity index is 244. The van der Waals surface area contributed by atoms with Gasteiger partial charge in [-0.1, -0.05) is 6.42 Å². The van der Waals surface area contributed by atoms with Crippen LogP contribution in [0.4, 0.5) is 0 Å². The molecule has 1 aliphatic carbocycles. The second-order valence-corrected chi connectivity index (χ2v) is 6.15. The summed E-state index contributed by atoms with van der Waals surface area (Å²) in [5, 5.41) is 0. The van der Waals surface area contributed by atoms with E-state index in [2.05, 4.69) is 0 Å². The van der Waals surface area contributed by atoms with Crippen molar-refractivity contribution in [3.63, 3.8) is 0 Å². The van der Waals surface area contributed by atoms with Crippen molar-refractivity contribution in [1.82, 2.24) is 4.67 Å². The molecule has 0 N–H and O–H groups in total. The Morgan fingerprint density at radius 2 is 2.15 bits per heavy atom. The van der Waals surface area contributed by atoms with E-state index < -0.39 is 7.75 Å². The van der Waals surface area contributed by atoms with Crippen molar-refractivity contribution in [3.8, 4) is 0 Å². The average molecular weight is 205 g/mol. The van der Waals surface area contributed by atoms with Gasteiger partial charge in [0.05, 0.1) is 12.7 Å². The summed E-state index contributed by atoms with van der Waals surface area (Å²) in [6.45, 7) is 0.597. The zero-order chi connectivity index (χ0) is 9.47. The van der Waals surface area contributed by atoms with Crippen molar-refractivity contribution in [1.29, 1.82) is 0 Å². The molecule has 0 amide bonds. The van der Waals surface area contributed by atoms with E-state index in [9.17, 15) is 4.57 Å². The summed E-state index contributed by atoms with van der Waals surface area (Å²) < 4.78 is 24.3. The lowest BCUT2D eigenvalue weighted by Gasteiger charge is -2.34. The van der Waals surface area contributed by atoms with Crippen LogP contribution in [0.3, 0.4) is 0 Å². The molecule has 1 heterocycles. The van der Waals surface area contributed by atoms with Crippen LogP contribution in [-0.2, 0) is 13.6 Å². The minimum Gasteiger partial charge on any atom is -0.296 e. The zero-order valence-corrected chi connectivity index (χ0v) is 9.00. The monoisotopic (exact) mass is 205 g/mol. The third-order valence-corrected chi connectivity index (χ3v) is 4.79. The summed E-state index contributed by atoms with van der Waals surface area (Å²) in [5.41, 5.74) is 0. The van der Waals surface area contributed by atoms with Crippen LogP contribution in [0.15, 0.2) is 0 Å². The van der Waals surface area contributed by atoms with E-state index in [1.54, 1.807) is 18.8 Å². The first-order chi connectivity index (χ1) is 6.12. The van der Waals surface area contributed by atoms with E-state index in [0.717, 1.165) is 12.8 Å². The molecule has 4 nitrogen and oxygen atoms in total. The van der Waals surface area contributed by atoms with Crippen molar-refractivity contribution in [2.75, 3.05) is 20.7 Å². The minimum atomic E-state index is -2.92. The highest BCUT2D eigenvalue weighted by molar-refractivity contribution is 7.51. The maximum absolute atomic E-state index is 12.0. The predicted octanol–water partition coefficient (Wildman–Crippen LogP) is 1.87. The van der Waals surface area contributed by atoms with Gasteiger partial charge < -0.3 is 0 Å². The molecule has 2 aliphatic rings. The quantitative estimate of drug-likeness (QED) is 0.612. The molecule has 3 atom stereocenters. The molecule has 0 spiro atoms. The van der Waals surface area contributed by atoms with Crippen molar-refractivity contribution in [3.05, 3.63) is 0 Å². The number of hydrogen-bond donors (Lipinski definition) is 0. The van der Waals surface area contributed by atoms with Gasteiger partial charge in [0, 0.05) is 5.92 Å². The summed E-state index contributed by atoms with van der Waals surface area (Å²) in [6.07, 6.45) is 3.53. The van der Waals surface area contributed by atoms with E-state index in [1.165, 1.54) is 6.42 Å². The molecule has 76 valence electrons. The molecular formula is C8H16NO3P. The summed E-state index contributed by atoms with van der Waals surface area (Å²) in [6, 6.07) is 0. The van der Waals surface area contributed by atoms with Gasteiger partial charge in [-0.15, -0.1) is 0 Å². The van der Waals surface area contributed by atoms with E-state index >= 15 is 0 Å². The Hall–Kier alpha value is 0.110. The second-order valence-electron chi connectivity index (χ2n) is 3.95. The van der Waals surface area contributed by atoms with Crippen molar-refractivity contribution < 1.29 is 13.6 Å². The molecule has 2 rings (SSSR count). The Labute approximate surface area is 78.8 Å². The van der Waals surface area contributed by atoms with Crippen LogP contribution >= 0.6 is 7.75 Å². The third-order valence-electron chi connectivity index (χ3n) is 2.80. The van der Waals surface area contributed by atoms with Gasteiger partial charge in [-0.2, -0.15) is 0 Å². The highest BCUT2D eigenvalue weighted by atomic mass is 31.2. The minimum absolute atomic E-state index is 0.169. The molecule has 0 aromatic rings. The molecule has 5 heteroatoms. The van der Waals surface area contributed by atoms with Crippen molar-refractivity contribution in [2.24, 2.45) is 5.92 Å². The molecule has 2 unspecified atom stereocenters. The molecular weight excluding hydrogens is 189 g/mol. The molecule has 0 aromatic heterocycles. The number of hydrogen-bond acceptors (Lipinski definition) is 3. The molecule has 1 saturated heterocycles. The fourth-order valence-electron chi connectivity index (χ4n) is 1.93. The van der Waals surface area contributed by atoms with Crippen LogP contribution < -0.4 is 0 Å². The SMILES string of the molecule is CN(C)P1(=O)OCC2CCC[C@@H]2O1. The maximum atomic E-state index is 12.0. The number of rotatable bonds is 1. The molecule has 13 heavy (non-hydrogen) atoms. The van der Waals surface area contributed by atoms with Crippen LogP contribution in [0.5, 0.6) is 0 Å². The summed E-state index contributed by atoms with van der Waals surface area (Å²) >= 11 is 0. The smallest absolute Gasteiger partial charge is 0.296 e. The molecule has 1 saturated carbocycles. The van der Waals surface area contributed by atoms with Crippen molar-refractivity contribution in [2.45, 2.75) is 25.4 Å². The molecule has 1 aliphatic heterocycles. The van der Waals surface area contributed by atoms with Gasteiger partial charge >= 0.3 is 7.75 Å². The van der Waals surface area contributed by atoms with Gasteiger partial charge in [0.1, 0.15) is 0 Å². The lowest BCUT2D eigenvalue weighted by Crippen LogP contribution is -2.31. The molecule has 0 bridgehead atoms. The van der Waals surface area contributed by atoms with E-state index in [1.807, 2.05) is 0 Å². The second kappa shape index (κ2) is 3.35. The summed E-state index contributed by atoms with van der Waals surface area (Å²) in [4.78, 5) is 0. The zero-order valence-electron chi connectivity index (χ0n) is 8.10. The lowest BCUT2D eigenvalue weighted by atomic mass is 10.1. The standard InChI is InChI=1S/C8H16NO3P/c1-9(2)13(10)11-6-7-4-3-5-8(7)12-13/h7-8H,3-6H2,1-2H3/t7?,8-,13?/m0/s1. The summed E-state index contributed by atoms with van der Waals surface area (Å²) in [5.74, 6) is 0.474. The van der Waals surface area contributed by atoms with Crippen molar-refractivity contribution >= 4 is 7.75 Å². The Morgan fingerprint density at radius 3 is 2.85 bits per heavy atom.